The fraction of sp³-hybridized carbons (Fsp3) is 0.389. The standard InChI is InChI=1S/C18H24N4O/c1-3-7-17(16-8-5-6-11-20-16)22-18(23)21-15(4-2)14-9-12-19-13-10-14/h5-6,8-13,15,17H,3-4,7H2,1-2H3,(H2,21,22,23)/t15-,17+/m0/s1. The molecule has 0 aliphatic carbocycles. The lowest BCUT2D eigenvalue weighted by atomic mass is 10.1. The van der Waals surface area contributed by atoms with Crippen LogP contribution in [-0.2, 0) is 0 Å². The molecule has 2 rings (SSSR count). The van der Waals surface area contributed by atoms with Crippen molar-refractivity contribution in [3.05, 3.63) is 60.2 Å². The number of rotatable bonds is 7. The number of nitrogens with one attached hydrogen (secondary N) is 2. The van der Waals surface area contributed by atoms with Crippen LogP contribution in [0.4, 0.5) is 4.79 Å². The highest BCUT2D eigenvalue weighted by Gasteiger charge is 2.17. The maximum atomic E-state index is 12.4. The van der Waals surface area contributed by atoms with Gasteiger partial charge in [0.2, 0.25) is 0 Å². The van der Waals surface area contributed by atoms with Gasteiger partial charge in [0.15, 0.2) is 0 Å². The van der Waals surface area contributed by atoms with Gasteiger partial charge in [-0.05, 0) is 42.7 Å². The van der Waals surface area contributed by atoms with Gasteiger partial charge in [0.05, 0.1) is 17.8 Å². The fourth-order valence-electron chi connectivity index (χ4n) is 2.54. The van der Waals surface area contributed by atoms with Crippen molar-refractivity contribution >= 4 is 6.03 Å². The molecule has 0 bridgehead atoms. The molecule has 122 valence electrons. The summed E-state index contributed by atoms with van der Waals surface area (Å²) < 4.78 is 0. The van der Waals surface area contributed by atoms with E-state index < -0.39 is 0 Å². The molecule has 23 heavy (non-hydrogen) atoms. The molecule has 2 amide bonds. The summed E-state index contributed by atoms with van der Waals surface area (Å²) in [5, 5.41) is 6.08. The molecule has 0 aliphatic heterocycles. The second-order valence-electron chi connectivity index (χ2n) is 5.46. The van der Waals surface area contributed by atoms with Gasteiger partial charge in [-0.3, -0.25) is 9.97 Å². The van der Waals surface area contributed by atoms with Crippen molar-refractivity contribution in [2.24, 2.45) is 0 Å². The molecule has 0 unspecified atom stereocenters. The topological polar surface area (TPSA) is 66.9 Å². The van der Waals surface area contributed by atoms with Crippen LogP contribution in [0.5, 0.6) is 0 Å². The highest BCUT2D eigenvalue weighted by molar-refractivity contribution is 5.75. The Bertz CT molecular complexity index is 588. The molecule has 5 heteroatoms. The highest BCUT2D eigenvalue weighted by Crippen LogP contribution is 2.18. The van der Waals surface area contributed by atoms with Crippen molar-refractivity contribution in [1.29, 1.82) is 0 Å². The van der Waals surface area contributed by atoms with Gasteiger partial charge in [-0.1, -0.05) is 26.3 Å². The third-order valence-corrected chi connectivity index (χ3v) is 3.75. The van der Waals surface area contributed by atoms with E-state index in [9.17, 15) is 4.79 Å². The number of nitrogens with zero attached hydrogens (tertiary/aromatic N) is 2. The predicted octanol–water partition coefficient (Wildman–Crippen LogP) is 3.77. The molecule has 2 N–H and O–H groups in total. The molecule has 2 aromatic heterocycles. The molecular formula is C18H24N4O. The van der Waals surface area contributed by atoms with Crippen molar-refractivity contribution in [3.8, 4) is 0 Å². The lowest BCUT2D eigenvalue weighted by Crippen LogP contribution is -2.40. The van der Waals surface area contributed by atoms with Gasteiger partial charge in [-0.15, -0.1) is 0 Å². The largest absolute Gasteiger partial charge is 0.331 e. The van der Waals surface area contributed by atoms with E-state index in [1.165, 1.54) is 0 Å². The SMILES string of the molecule is CCC[C@@H](NC(=O)N[C@@H](CC)c1ccncc1)c1ccccn1. The third-order valence-electron chi connectivity index (χ3n) is 3.75. The predicted molar refractivity (Wildman–Crippen MR) is 90.8 cm³/mol. The van der Waals surface area contributed by atoms with Crippen LogP contribution >= 0.6 is 0 Å². The van der Waals surface area contributed by atoms with E-state index >= 15 is 0 Å². The Morgan fingerprint density at radius 1 is 1.04 bits per heavy atom. The lowest BCUT2D eigenvalue weighted by molar-refractivity contribution is 0.231. The van der Waals surface area contributed by atoms with E-state index in [2.05, 4.69) is 27.5 Å². The maximum Gasteiger partial charge on any atom is 0.315 e. The molecule has 2 heterocycles. The van der Waals surface area contributed by atoms with Crippen LogP contribution in [0.2, 0.25) is 0 Å². The molecule has 0 saturated carbocycles. The van der Waals surface area contributed by atoms with Gasteiger partial charge in [0.1, 0.15) is 0 Å². The monoisotopic (exact) mass is 312 g/mol. The second kappa shape index (κ2) is 8.88. The molecule has 0 radical (unpaired) electrons. The van der Waals surface area contributed by atoms with Gasteiger partial charge in [-0.25, -0.2) is 4.79 Å². The molecule has 2 aromatic rings. The Kier molecular flexibility index (Phi) is 6.54. The number of pyridine rings is 2. The van der Waals surface area contributed by atoms with Crippen molar-refractivity contribution in [3.63, 3.8) is 0 Å². The average molecular weight is 312 g/mol. The lowest BCUT2D eigenvalue weighted by Gasteiger charge is -2.22. The Hall–Kier alpha value is -2.43. The molecule has 2 atom stereocenters. The van der Waals surface area contributed by atoms with Crippen molar-refractivity contribution in [1.82, 2.24) is 20.6 Å². The van der Waals surface area contributed by atoms with Crippen LogP contribution < -0.4 is 10.6 Å². The number of urea groups is 1. The number of hydrogen-bond acceptors (Lipinski definition) is 3. The summed E-state index contributed by atoms with van der Waals surface area (Å²) in [4.78, 5) is 20.8. The first-order chi connectivity index (χ1) is 11.2. The zero-order chi connectivity index (χ0) is 16.5. The summed E-state index contributed by atoms with van der Waals surface area (Å²) in [6.07, 6.45) is 7.89. The van der Waals surface area contributed by atoms with Crippen LogP contribution in [0.3, 0.4) is 0 Å². The maximum absolute atomic E-state index is 12.4. The quantitative estimate of drug-likeness (QED) is 0.818. The van der Waals surface area contributed by atoms with E-state index in [-0.39, 0.29) is 18.1 Å². The van der Waals surface area contributed by atoms with Gasteiger partial charge in [0, 0.05) is 18.6 Å². The Morgan fingerprint density at radius 2 is 1.78 bits per heavy atom. The van der Waals surface area contributed by atoms with Gasteiger partial charge in [-0.2, -0.15) is 0 Å². The van der Waals surface area contributed by atoms with Gasteiger partial charge >= 0.3 is 6.03 Å². The average Bonchev–Trinajstić information content (AvgIpc) is 2.61. The minimum atomic E-state index is -0.169. The van der Waals surface area contributed by atoms with E-state index in [4.69, 9.17) is 0 Å². The molecule has 5 nitrogen and oxygen atoms in total. The molecule has 0 spiro atoms. The normalized spacial score (nSPS) is 13.1. The van der Waals surface area contributed by atoms with Crippen LogP contribution in [-0.4, -0.2) is 16.0 Å². The second-order valence-corrected chi connectivity index (χ2v) is 5.46. The number of aromatic nitrogens is 2. The summed E-state index contributed by atoms with van der Waals surface area (Å²) in [7, 11) is 0. The molecule has 0 aliphatic rings. The summed E-state index contributed by atoms with van der Waals surface area (Å²) in [5.74, 6) is 0. The first kappa shape index (κ1) is 16.9. The van der Waals surface area contributed by atoms with Crippen LogP contribution in [0.25, 0.3) is 0 Å². The van der Waals surface area contributed by atoms with E-state index in [1.54, 1.807) is 18.6 Å². The number of carbonyl (C=O) groups excluding carboxylic acids is 1. The summed E-state index contributed by atoms with van der Waals surface area (Å²) in [6, 6.07) is 9.35. The van der Waals surface area contributed by atoms with E-state index in [0.29, 0.717) is 0 Å². The van der Waals surface area contributed by atoms with Crippen molar-refractivity contribution in [2.75, 3.05) is 0 Å². The number of carbonyl (C=O) groups is 1. The van der Waals surface area contributed by atoms with Crippen LogP contribution in [0, 0.1) is 0 Å². The first-order valence-corrected chi connectivity index (χ1v) is 8.12. The van der Waals surface area contributed by atoms with Gasteiger partial charge < -0.3 is 10.6 Å². The van der Waals surface area contributed by atoms with Gasteiger partial charge in [0.25, 0.3) is 0 Å². The Balaban J connectivity index is 2.01. The minimum absolute atomic E-state index is 0.0241. The molecule has 0 saturated heterocycles. The van der Waals surface area contributed by atoms with E-state index in [1.807, 2.05) is 37.3 Å². The van der Waals surface area contributed by atoms with Crippen molar-refractivity contribution in [2.45, 2.75) is 45.2 Å². The van der Waals surface area contributed by atoms with Crippen LogP contribution in [0.15, 0.2) is 48.9 Å². The Labute approximate surface area is 137 Å². The molecule has 0 aromatic carbocycles. The molecular weight excluding hydrogens is 288 g/mol. The Morgan fingerprint density at radius 3 is 2.39 bits per heavy atom. The number of amides is 2. The summed E-state index contributed by atoms with van der Waals surface area (Å²) in [6.45, 7) is 4.15. The smallest absolute Gasteiger partial charge is 0.315 e. The minimum Gasteiger partial charge on any atom is -0.331 e. The summed E-state index contributed by atoms with van der Waals surface area (Å²) in [5.41, 5.74) is 1.95. The zero-order valence-corrected chi connectivity index (χ0v) is 13.7. The van der Waals surface area contributed by atoms with Crippen LogP contribution in [0.1, 0.15) is 56.5 Å². The van der Waals surface area contributed by atoms with Crippen molar-refractivity contribution < 1.29 is 4.79 Å². The highest BCUT2D eigenvalue weighted by atomic mass is 16.2. The van der Waals surface area contributed by atoms with E-state index in [0.717, 1.165) is 30.5 Å². The first-order valence-electron chi connectivity index (χ1n) is 8.12. The zero-order valence-electron chi connectivity index (χ0n) is 13.7. The number of hydrogen-bond donors (Lipinski definition) is 2. The summed E-state index contributed by atoms with van der Waals surface area (Å²) >= 11 is 0. The molecule has 0 fully saturated rings. The fourth-order valence-corrected chi connectivity index (χ4v) is 2.54. The third kappa shape index (κ3) is 5.06.